The number of thiazole rings is 1. The summed E-state index contributed by atoms with van der Waals surface area (Å²) in [5, 5.41) is 14.2. The Morgan fingerprint density at radius 2 is 1.89 bits per heavy atom. The Bertz CT molecular complexity index is 1410. The minimum atomic E-state index is -0.281. The van der Waals surface area contributed by atoms with Crippen LogP contribution in [0.25, 0.3) is 11.4 Å². The maximum absolute atomic E-state index is 13.0. The van der Waals surface area contributed by atoms with Crippen molar-refractivity contribution in [2.24, 2.45) is 0 Å². The fourth-order valence-corrected chi connectivity index (χ4v) is 5.05. The average Bonchev–Trinajstić information content (AvgIpc) is 3.49. The number of hydrogen-bond acceptors (Lipinski definition) is 7. The van der Waals surface area contributed by atoms with E-state index in [1.807, 2.05) is 36.6 Å². The van der Waals surface area contributed by atoms with Crippen LogP contribution in [0.2, 0.25) is 0 Å². The molecule has 1 aliphatic heterocycles. The molecule has 0 saturated heterocycles. The fraction of sp³-hybridized carbons (Fsp3) is 0.310. The molecule has 2 aromatic heterocycles. The molecule has 196 valence electrons. The number of benzene rings is 2. The highest BCUT2D eigenvalue weighted by atomic mass is 32.1. The van der Waals surface area contributed by atoms with Gasteiger partial charge in [-0.15, -0.1) is 28.1 Å². The number of rotatable bonds is 9. The number of anilines is 1. The van der Waals surface area contributed by atoms with Crippen molar-refractivity contribution in [2.75, 3.05) is 11.9 Å². The van der Waals surface area contributed by atoms with Crippen LogP contribution in [0.1, 0.15) is 54.0 Å². The molecule has 0 unspecified atom stereocenters. The first-order valence-electron chi connectivity index (χ1n) is 12.9. The van der Waals surface area contributed by atoms with Crippen LogP contribution in [0.3, 0.4) is 0 Å². The van der Waals surface area contributed by atoms with Crippen LogP contribution < -0.4 is 14.8 Å². The fourth-order valence-electron chi connectivity index (χ4n) is 4.37. The van der Waals surface area contributed by atoms with Crippen molar-refractivity contribution in [3.8, 4) is 28.6 Å². The Balaban J connectivity index is 1.35. The number of carbonyl (C=O) groups is 1. The van der Waals surface area contributed by atoms with E-state index < -0.39 is 0 Å². The molecule has 1 N–H and O–H groups in total. The topological polar surface area (TPSA) is 91.2 Å². The molecule has 1 amide bonds. The highest BCUT2D eigenvalue weighted by molar-refractivity contribution is 7.13. The maximum Gasteiger partial charge on any atom is 0.257 e. The highest BCUT2D eigenvalue weighted by Crippen LogP contribution is 2.30. The predicted octanol–water partition coefficient (Wildman–Crippen LogP) is 6.83. The summed E-state index contributed by atoms with van der Waals surface area (Å²) in [6.45, 7) is 7.02. The second-order valence-electron chi connectivity index (χ2n) is 9.25. The Kier molecular flexibility index (Phi) is 8.13. The summed E-state index contributed by atoms with van der Waals surface area (Å²) in [4.78, 5) is 17.3. The van der Waals surface area contributed by atoms with Crippen LogP contribution in [0, 0.1) is 6.92 Å². The number of hydrogen-bond donors (Lipinski definition) is 1. The van der Waals surface area contributed by atoms with Gasteiger partial charge in [-0.25, -0.2) is 4.98 Å². The molecule has 9 heteroatoms. The smallest absolute Gasteiger partial charge is 0.257 e. The molecule has 38 heavy (non-hydrogen) atoms. The first-order valence-corrected chi connectivity index (χ1v) is 13.8. The van der Waals surface area contributed by atoms with Crippen molar-refractivity contribution < 1.29 is 14.3 Å². The summed E-state index contributed by atoms with van der Waals surface area (Å²) in [5.41, 5.74) is 2.27. The van der Waals surface area contributed by atoms with E-state index in [4.69, 9.17) is 9.47 Å². The van der Waals surface area contributed by atoms with Crippen molar-refractivity contribution in [3.05, 3.63) is 77.6 Å². The number of nitrogens with zero attached hydrogens (tertiary/aromatic N) is 4. The molecule has 0 aliphatic carbocycles. The van der Waals surface area contributed by atoms with Crippen LogP contribution in [0.5, 0.6) is 17.2 Å². The Labute approximate surface area is 226 Å². The summed E-state index contributed by atoms with van der Waals surface area (Å²) in [5.74, 6) is 3.36. The Morgan fingerprint density at radius 1 is 1.08 bits per heavy atom. The minimum absolute atomic E-state index is 0.281. The van der Waals surface area contributed by atoms with Gasteiger partial charge in [0, 0.05) is 35.5 Å². The molecule has 0 atom stereocenters. The first kappa shape index (κ1) is 25.7. The van der Waals surface area contributed by atoms with Crippen LogP contribution in [-0.4, -0.2) is 32.3 Å². The number of aromatic nitrogens is 4. The monoisotopic (exact) mass is 529 g/mol. The number of aryl methyl sites for hydroxylation is 2. The number of carbonyl (C=O) groups excluding carboxylic acids is 1. The quantitative estimate of drug-likeness (QED) is 0.189. The molecule has 0 radical (unpaired) electrons. The molecule has 1 aliphatic rings. The van der Waals surface area contributed by atoms with Gasteiger partial charge in [-0.3, -0.25) is 10.1 Å². The van der Waals surface area contributed by atoms with Gasteiger partial charge in [-0.2, -0.15) is 0 Å². The van der Waals surface area contributed by atoms with Crippen LogP contribution in [0.15, 0.2) is 60.5 Å². The average molecular weight is 530 g/mol. The summed E-state index contributed by atoms with van der Waals surface area (Å²) >= 11 is 1.38. The molecule has 0 bridgehead atoms. The lowest BCUT2D eigenvalue weighted by molar-refractivity contribution is 0.102. The van der Waals surface area contributed by atoms with Crippen molar-refractivity contribution in [3.63, 3.8) is 0 Å². The van der Waals surface area contributed by atoms with Gasteiger partial charge in [0.1, 0.15) is 23.1 Å². The molecule has 4 aromatic rings. The SMILES string of the molecule is C=CCCOc1cc(Oc2ccc(-c3nnc4n3CCCCCC4)cc2)cc(C(=O)Nc2nc(C)cs2)c1. The van der Waals surface area contributed by atoms with Crippen LogP contribution >= 0.6 is 11.3 Å². The number of ether oxygens (including phenoxy) is 2. The molecular formula is C29H31N5O3S. The number of nitrogens with one attached hydrogen (secondary N) is 1. The van der Waals surface area contributed by atoms with Crippen LogP contribution in [0.4, 0.5) is 5.13 Å². The molecule has 3 heterocycles. The van der Waals surface area contributed by atoms with E-state index in [0.29, 0.717) is 41.0 Å². The number of fused-ring (bicyclic) bond motifs is 1. The van der Waals surface area contributed by atoms with E-state index in [1.54, 1.807) is 24.3 Å². The largest absolute Gasteiger partial charge is 0.493 e. The van der Waals surface area contributed by atoms with Gasteiger partial charge >= 0.3 is 0 Å². The zero-order chi connectivity index (χ0) is 26.3. The molecular weight excluding hydrogens is 498 g/mol. The zero-order valence-corrected chi connectivity index (χ0v) is 22.3. The van der Waals surface area contributed by atoms with E-state index in [2.05, 4.69) is 31.6 Å². The van der Waals surface area contributed by atoms with Crippen molar-refractivity contribution in [2.45, 2.75) is 52.0 Å². The molecule has 0 spiro atoms. The lowest BCUT2D eigenvalue weighted by atomic mass is 10.1. The van der Waals surface area contributed by atoms with E-state index in [0.717, 1.165) is 48.7 Å². The predicted molar refractivity (Wildman–Crippen MR) is 149 cm³/mol. The Morgan fingerprint density at radius 3 is 2.68 bits per heavy atom. The molecule has 0 saturated carbocycles. The Hall–Kier alpha value is -3.98. The second kappa shape index (κ2) is 12.0. The molecule has 0 fully saturated rings. The second-order valence-corrected chi connectivity index (χ2v) is 10.1. The summed E-state index contributed by atoms with van der Waals surface area (Å²) in [7, 11) is 0. The van der Waals surface area contributed by atoms with Crippen LogP contribution in [-0.2, 0) is 13.0 Å². The van der Waals surface area contributed by atoms with Crippen molar-refractivity contribution in [1.82, 2.24) is 19.7 Å². The number of amides is 1. The van der Waals surface area contributed by atoms with Crippen molar-refractivity contribution in [1.29, 1.82) is 0 Å². The summed E-state index contributed by atoms with van der Waals surface area (Å²) in [6.07, 6.45) is 8.24. The lowest BCUT2D eigenvalue weighted by Crippen LogP contribution is -2.12. The van der Waals surface area contributed by atoms with E-state index in [9.17, 15) is 4.79 Å². The third-order valence-corrected chi connectivity index (χ3v) is 7.16. The third kappa shape index (κ3) is 6.28. The minimum Gasteiger partial charge on any atom is -0.493 e. The van der Waals surface area contributed by atoms with Gasteiger partial charge in [0.25, 0.3) is 5.91 Å². The maximum atomic E-state index is 13.0. The lowest BCUT2D eigenvalue weighted by Gasteiger charge is -2.14. The normalized spacial score (nSPS) is 13.2. The van der Waals surface area contributed by atoms with Gasteiger partial charge in [-0.05, 0) is 62.6 Å². The van der Waals surface area contributed by atoms with E-state index in [-0.39, 0.29) is 5.91 Å². The van der Waals surface area contributed by atoms with Gasteiger partial charge in [0.05, 0.1) is 12.3 Å². The summed E-state index contributed by atoms with van der Waals surface area (Å²) < 4.78 is 14.2. The van der Waals surface area contributed by atoms with Gasteiger partial charge in [0.15, 0.2) is 11.0 Å². The van der Waals surface area contributed by atoms with Gasteiger partial charge in [-0.1, -0.05) is 18.9 Å². The highest BCUT2D eigenvalue weighted by Gasteiger charge is 2.16. The van der Waals surface area contributed by atoms with Crippen molar-refractivity contribution >= 4 is 22.4 Å². The van der Waals surface area contributed by atoms with Gasteiger partial charge in [0.2, 0.25) is 0 Å². The first-order chi connectivity index (χ1) is 18.6. The molecule has 5 rings (SSSR count). The zero-order valence-electron chi connectivity index (χ0n) is 21.5. The third-order valence-electron chi connectivity index (χ3n) is 6.28. The van der Waals surface area contributed by atoms with E-state index >= 15 is 0 Å². The van der Waals surface area contributed by atoms with E-state index in [1.165, 1.54) is 24.2 Å². The molecule has 8 nitrogen and oxygen atoms in total. The standard InChI is InChI=1S/C29H31N5O3S/c1-3-4-15-36-24-16-22(28(35)31-29-30-20(2)19-38-29)17-25(18-24)37-23-12-10-21(11-13-23)27-33-32-26-9-7-5-6-8-14-34(26)27/h3,10-13,16-19H,1,4-9,14-15H2,2H3,(H,30,31,35). The summed E-state index contributed by atoms with van der Waals surface area (Å²) in [6, 6.07) is 13.0. The molecule has 2 aromatic carbocycles. The van der Waals surface area contributed by atoms with Gasteiger partial charge < -0.3 is 14.0 Å².